The number of hydrogen-bond donors (Lipinski definition) is 2. The largest absolute Gasteiger partial charge is 0.355 e. The maximum absolute atomic E-state index is 11.8. The molecule has 0 fully saturated rings. The fourth-order valence-electron chi connectivity index (χ4n) is 1.46. The molecule has 1 aromatic rings. The third kappa shape index (κ3) is 5.87. The number of carbonyl (C=O) groups excluding carboxylic acids is 2. The van der Waals surface area contributed by atoms with Crippen molar-refractivity contribution in [3.8, 4) is 0 Å². The van der Waals surface area contributed by atoms with E-state index in [9.17, 15) is 9.59 Å². The molecular weight excluding hydrogens is 308 g/mol. The van der Waals surface area contributed by atoms with Crippen molar-refractivity contribution < 1.29 is 9.59 Å². The van der Waals surface area contributed by atoms with Gasteiger partial charge in [-0.2, -0.15) is 0 Å². The Balaban J connectivity index is 2.34. The van der Waals surface area contributed by atoms with Gasteiger partial charge in [0.05, 0.1) is 12.1 Å². The summed E-state index contributed by atoms with van der Waals surface area (Å²) in [7, 11) is 0. The van der Waals surface area contributed by atoms with Gasteiger partial charge in [-0.25, -0.2) is 0 Å². The van der Waals surface area contributed by atoms with Gasteiger partial charge in [0.15, 0.2) is 0 Å². The first-order valence-corrected chi connectivity index (χ1v) is 7.09. The molecule has 0 spiro atoms. The van der Waals surface area contributed by atoms with Crippen molar-refractivity contribution in [2.45, 2.75) is 20.3 Å². The van der Waals surface area contributed by atoms with E-state index in [2.05, 4.69) is 40.4 Å². The summed E-state index contributed by atoms with van der Waals surface area (Å²) in [6, 6.07) is 7.11. The number of amides is 2. The summed E-state index contributed by atoms with van der Waals surface area (Å²) in [6.07, 6.45) is 0.934. The van der Waals surface area contributed by atoms with Gasteiger partial charge in [0.1, 0.15) is 0 Å². The van der Waals surface area contributed by atoms with Gasteiger partial charge >= 0.3 is 0 Å². The Bertz CT molecular complexity index is 447. The summed E-state index contributed by atoms with van der Waals surface area (Å²) < 4.78 is 0.715. The number of benzene rings is 1. The predicted octanol–water partition coefficient (Wildman–Crippen LogP) is 2.34. The second kappa shape index (κ2) is 7.94. The van der Waals surface area contributed by atoms with Gasteiger partial charge in [0, 0.05) is 11.0 Å². The average molecular weight is 327 g/mol. The molecule has 0 aromatic heterocycles. The molecule has 0 bridgehead atoms. The minimum Gasteiger partial charge on any atom is -0.355 e. The van der Waals surface area contributed by atoms with Crippen LogP contribution in [0.15, 0.2) is 28.7 Å². The number of nitrogens with one attached hydrogen (secondary N) is 2. The lowest BCUT2D eigenvalue weighted by atomic mass is 10.1. The Labute approximate surface area is 122 Å². The monoisotopic (exact) mass is 326 g/mol. The van der Waals surface area contributed by atoms with Gasteiger partial charge in [-0.1, -0.05) is 26.0 Å². The number of rotatable bonds is 6. The van der Waals surface area contributed by atoms with Crippen molar-refractivity contribution in [3.05, 3.63) is 34.3 Å². The number of carbonyl (C=O) groups is 2. The Morgan fingerprint density at radius 1 is 1.21 bits per heavy atom. The molecule has 104 valence electrons. The molecule has 1 aromatic carbocycles. The van der Waals surface area contributed by atoms with Crippen molar-refractivity contribution in [2.24, 2.45) is 5.92 Å². The van der Waals surface area contributed by atoms with Gasteiger partial charge < -0.3 is 10.6 Å². The number of halogens is 1. The first-order chi connectivity index (χ1) is 9.00. The molecule has 0 aliphatic heterocycles. The SMILES string of the molecule is CC(C)CCNC(=O)CNC(=O)c1ccccc1Br. The van der Waals surface area contributed by atoms with Crippen molar-refractivity contribution >= 4 is 27.7 Å². The van der Waals surface area contributed by atoms with Crippen LogP contribution >= 0.6 is 15.9 Å². The quantitative estimate of drug-likeness (QED) is 0.843. The zero-order valence-corrected chi connectivity index (χ0v) is 12.8. The fraction of sp³-hybridized carbons (Fsp3) is 0.429. The van der Waals surface area contributed by atoms with Crippen molar-refractivity contribution in [1.82, 2.24) is 10.6 Å². The third-order valence-corrected chi connectivity index (χ3v) is 3.26. The number of hydrogen-bond acceptors (Lipinski definition) is 2. The van der Waals surface area contributed by atoms with Crippen LogP contribution in [-0.2, 0) is 4.79 Å². The van der Waals surface area contributed by atoms with Crippen LogP contribution in [0.2, 0.25) is 0 Å². The van der Waals surface area contributed by atoms with Crippen molar-refractivity contribution in [1.29, 1.82) is 0 Å². The topological polar surface area (TPSA) is 58.2 Å². The van der Waals surface area contributed by atoms with E-state index in [1.807, 2.05) is 6.07 Å². The van der Waals surface area contributed by atoms with Gasteiger partial charge in [-0.05, 0) is 40.4 Å². The van der Waals surface area contributed by atoms with Crippen LogP contribution in [-0.4, -0.2) is 24.9 Å². The molecule has 2 N–H and O–H groups in total. The molecule has 2 amide bonds. The van der Waals surface area contributed by atoms with E-state index in [0.29, 0.717) is 22.5 Å². The van der Waals surface area contributed by atoms with E-state index in [1.165, 1.54) is 0 Å². The highest BCUT2D eigenvalue weighted by atomic mass is 79.9. The lowest BCUT2D eigenvalue weighted by molar-refractivity contribution is -0.120. The molecule has 0 unspecified atom stereocenters. The summed E-state index contributed by atoms with van der Waals surface area (Å²) in [4.78, 5) is 23.3. The van der Waals surface area contributed by atoms with E-state index in [4.69, 9.17) is 0 Å². The predicted molar refractivity (Wildman–Crippen MR) is 78.9 cm³/mol. The first kappa shape index (κ1) is 15.7. The molecule has 19 heavy (non-hydrogen) atoms. The summed E-state index contributed by atoms with van der Waals surface area (Å²) >= 11 is 3.30. The van der Waals surface area contributed by atoms with E-state index in [0.717, 1.165) is 6.42 Å². The summed E-state index contributed by atoms with van der Waals surface area (Å²) in [5.41, 5.74) is 0.525. The molecule has 0 heterocycles. The normalized spacial score (nSPS) is 10.3. The Kier molecular flexibility index (Phi) is 6.56. The highest BCUT2D eigenvalue weighted by Gasteiger charge is 2.10. The van der Waals surface area contributed by atoms with Crippen LogP contribution in [0.3, 0.4) is 0 Å². The first-order valence-electron chi connectivity index (χ1n) is 6.30. The van der Waals surface area contributed by atoms with E-state index >= 15 is 0 Å². The maximum atomic E-state index is 11.8. The Morgan fingerprint density at radius 3 is 2.53 bits per heavy atom. The minimum atomic E-state index is -0.258. The zero-order chi connectivity index (χ0) is 14.3. The molecule has 5 heteroatoms. The molecule has 4 nitrogen and oxygen atoms in total. The minimum absolute atomic E-state index is 0.00172. The molecule has 0 radical (unpaired) electrons. The van der Waals surface area contributed by atoms with E-state index in [1.54, 1.807) is 18.2 Å². The average Bonchev–Trinajstić information content (AvgIpc) is 2.36. The van der Waals surface area contributed by atoms with E-state index in [-0.39, 0.29) is 18.4 Å². The molecule has 0 aliphatic carbocycles. The molecular formula is C14H19BrN2O2. The van der Waals surface area contributed by atoms with Crippen LogP contribution in [0.4, 0.5) is 0 Å². The summed E-state index contributed by atoms with van der Waals surface area (Å²) in [5.74, 6) is 0.128. The van der Waals surface area contributed by atoms with Crippen LogP contribution in [0, 0.1) is 5.92 Å². The molecule has 1 rings (SSSR count). The highest BCUT2D eigenvalue weighted by molar-refractivity contribution is 9.10. The molecule has 0 aliphatic rings. The Morgan fingerprint density at radius 2 is 1.89 bits per heavy atom. The Hall–Kier alpha value is -1.36. The standard InChI is InChI=1S/C14H19BrN2O2/c1-10(2)7-8-16-13(18)9-17-14(19)11-5-3-4-6-12(11)15/h3-6,10H,7-9H2,1-2H3,(H,16,18)(H,17,19). The lowest BCUT2D eigenvalue weighted by Gasteiger charge is -2.09. The molecule has 0 atom stereocenters. The fourth-order valence-corrected chi connectivity index (χ4v) is 1.93. The van der Waals surface area contributed by atoms with Crippen LogP contribution in [0.25, 0.3) is 0 Å². The smallest absolute Gasteiger partial charge is 0.252 e. The van der Waals surface area contributed by atoms with Crippen molar-refractivity contribution in [3.63, 3.8) is 0 Å². The van der Waals surface area contributed by atoms with Gasteiger partial charge in [0.2, 0.25) is 5.91 Å². The second-order valence-corrected chi connectivity index (χ2v) is 5.55. The maximum Gasteiger partial charge on any atom is 0.252 e. The molecule has 0 saturated carbocycles. The summed E-state index contributed by atoms with van der Waals surface area (Å²) in [6.45, 7) is 4.83. The van der Waals surface area contributed by atoms with Crippen molar-refractivity contribution in [2.75, 3.05) is 13.1 Å². The van der Waals surface area contributed by atoms with Crippen LogP contribution in [0.5, 0.6) is 0 Å². The molecule has 0 saturated heterocycles. The van der Waals surface area contributed by atoms with Gasteiger partial charge in [0.25, 0.3) is 5.91 Å². The second-order valence-electron chi connectivity index (χ2n) is 4.69. The zero-order valence-electron chi connectivity index (χ0n) is 11.2. The lowest BCUT2D eigenvalue weighted by Crippen LogP contribution is -2.37. The third-order valence-electron chi connectivity index (χ3n) is 2.57. The van der Waals surface area contributed by atoms with Gasteiger partial charge in [-0.15, -0.1) is 0 Å². The van der Waals surface area contributed by atoms with Crippen LogP contribution < -0.4 is 10.6 Å². The van der Waals surface area contributed by atoms with Gasteiger partial charge in [-0.3, -0.25) is 9.59 Å². The highest BCUT2D eigenvalue weighted by Crippen LogP contribution is 2.15. The van der Waals surface area contributed by atoms with Crippen LogP contribution in [0.1, 0.15) is 30.6 Å². The van der Waals surface area contributed by atoms with E-state index < -0.39 is 0 Å². The summed E-state index contributed by atoms with van der Waals surface area (Å²) in [5, 5.41) is 5.37.